The summed E-state index contributed by atoms with van der Waals surface area (Å²) in [5.74, 6) is 1.56. The highest BCUT2D eigenvalue weighted by Gasteiger charge is 2.07. The van der Waals surface area contributed by atoms with Crippen LogP contribution in [-0.4, -0.2) is 17.1 Å². The van der Waals surface area contributed by atoms with Crippen LogP contribution in [0.5, 0.6) is 5.75 Å². The molecule has 0 radical (unpaired) electrons. The zero-order valence-corrected chi connectivity index (χ0v) is 13.3. The van der Waals surface area contributed by atoms with Crippen LogP contribution in [0.2, 0.25) is 0 Å². The van der Waals surface area contributed by atoms with Crippen molar-refractivity contribution < 1.29 is 4.74 Å². The Balaban J connectivity index is 2.06. The highest BCUT2D eigenvalue weighted by molar-refractivity contribution is 9.10. The Kier molecular flexibility index (Phi) is 3.75. The number of halogens is 1. The minimum Gasteiger partial charge on any atom is -0.497 e. The Morgan fingerprint density at radius 3 is 2.81 bits per heavy atom. The van der Waals surface area contributed by atoms with Gasteiger partial charge < -0.3 is 10.1 Å². The molecule has 0 amide bonds. The third-order valence-corrected chi connectivity index (χ3v) is 4.22. The number of fused-ring (bicyclic) bond motifs is 1. The summed E-state index contributed by atoms with van der Waals surface area (Å²) in [6.07, 6.45) is 1.55. The van der Waals surface area contributed by atoms with Gasteiger partial charge in [-0.2, -0.15) is 0 Å². The van der Waals surface area contributed by atoms with Crippen LogP contribution in [0, 0.1) is 6.92 Å². The fourth-order valence-corrected chi connectivity index (χ4v) is 2.50. The van der Waals surface area contributed by atoms with Crippen LogP contribution in [0.25, 0.3) is 10.9 Å². The summed E-state index contributed by atoms with van der Waals surface area (Å²) in [5, 5.41) is 4.33. The van der Waals surface area contributed by atoms with E-state index in [1.165, 1.54) is 0 Å². The lowest BCUT2D eigenvalue weighted by Crippen LogP contribution is -1.98. The molecule has 0 unspecified atom stereocenters. The Morgan fingerprint density at radius 2 is 2.00 bits per heavy atom. The number of hydrogen-bond acceptors (Lipinski definition) is 4. The maximum absolute atomic E-state index is 5.23. The maximum atomic E-state index is 5.23. The Bertz CT molecular complexity index is 805. The first-order chi connectivity index (χ1) is 10.2. The summed E-state index contributed by atoms with van der Waals surface area (Å²) in [4.78, 5) is 8.64. The number of benzene rings is 2. The summed E-state index contributed by atoms with van der Waals surface area (Å²) in [6, 6.07) is 11.8. The van der Waals surface area contributed by atoms with E-state index in [9.17, 15) is 0 Å². The van der Waals surface area contributed by atoms with Crippen LogP contribution in [0.3, 0.4) is 0 Å². The fraction of sp³-hybridized carbons (Fsp3) is 0.125. The molecule has 3 rings (SSSR count). The van der Waals surface area contributed by atoms with E-state index in [-0.39, 0.29) is 0 Å². The van der Waals surface area contributed by atoms with E-state index in [4.69, 9.17) is 4.74 Å². The topological polar surface area (TPSA) is 47.0 Å². The van der Waals surface area contributed by atoms with E-state index >= 15 is 0 Å². The molecule has 0 atom stereocenters. The zero-order chi connectivity index (χ0) is 14.8. The minimum atomic E-state index is 0.781. The van der Waals surface area contributed by atoms with Crippen molar-refractivity contribution in [2.75, 3.05) is 12.4 Å². The third-order valence-electron chi connectivity index (χ3n) is 3.36. The number of aromatic nitrogens is 2. The zero-order valence-electron chi connectivity index (χ0n) is 11.7. The van der Waals surface area contributed by atoms with Crippen LogP contribution >= 0.6 is 15.9 Å². The summed E-state index contributed by atoms with van der Waals surface area (Å²) in [7, 11) is 1.65. The van der Waals surface area contributed by atoms with Crippen molar-refractivity contribution in [2.24, 2.45) is 0 Å². The summed E-state index contributed by atoms with van der Waals surface area (Å²) in [5.41, 5.74) is 3.00. The monoisotopic (exact) mass is 343 g/mol. The van der Waals surface area contributed by atoms with Gasteiger partial charge in [0.2, 0.25) is 0 Å². The Morgan fingerprint density at radius 1 is 1.14 bits per heavy atom. The van der Waals surface area contributed by atoms with Crippen LogP contribution < -0.4 is 10.1 Å². The molecule has 21 heavy (non-hydrogen) atoms. The normalized spacial score (nSPS) is 10.6. The van der Waals surface area contributed by atoms with E-state index in [2.05, 4.69) is 38.1 Å². The van der Waals surface area contributed by atoms with E-state index in [1.807, 2.05) is 36.4 Å². The van der Waals surface area contributed by atoms with Crippen molar-refractivity contribution in [3.8, 4) is 5.75 Å². The molecule has 0 aliphatic carbocycles. The van der Waals surface area contributed by atoms with Crippen molar-refractivity contribution in [2.45, 2.75) is 6.92 Å². The molecule has 0 aliphatic rings. The van der Waals surface area contributed by atoms with E-state index in [0.29, 0.717) is 0 Å². The lowest BCUT2D eigenvalue weighted by Gasteiger charge is -2.12. The van der Waals surface area contributed by atoms with Gasteiger partial charge in [0.15, 0.2) is 0 Å². The van der Waals surface area contributed by atoms with Gasteiger partial charge in [0.25, 0.3) is 0 Å². The second-order valence-electron chi connectivity index (χ2n) is 4.64. The van der Waals surface area contributed by atoms with E-state index in [0.717, 1.165) is 38.2 Å². The largest absolute Gasteiger partial charge is 0.497 e. The molecule has 0 saturated carbocycles. The number of ether oxygens (including phenoxy) is 1. The standard InChI is InChI=1S/C16H14BrN3O/c1-10-13(17)4-3-5-14(10)20-16-12-7-6-11(21-2)8-15(12)18-9-19-16/h3-9H,1-2H3,(H,18,19,20). The number of anilines is 2. The van der Waals surface area contributed by atoms with Gasteiger partial charge in [-0.25, -0.2) is 9.97 Å². The number of nitrogens with one attached hydrogen (secondary N) is 1. The van der Waals surface area contributed by atoms with E-state index in [1.54, 1.807) is 13.4 Å². The van der Waals surface area contributed by atoms with Gasteiger partial charge in [-0.15, -0.1) is 0 Å². The highest BCUT2D eigenvalue weighted by Crippen LogP contribution is 2.29. The molecule has 0 spiro atoms. The second-order valence-corrected chi connectivity index (χ2v) is 5.50. The van der Waals surface area contributed by atoms with Gasteiger partial charge in [-0.1, -0.05) is 22.0 Å². The lowest BCUT2D eigenvalue weighted by atomic mass is 10.2. The van der Waals surface area contributed by atoms with Crippen molar-refractivity contribution in [1.82, 2.24) is 9.97 Å². The molecule has 0 saturated heterocycles. The molecule has 5 heteroatoms. The predicted molar refractivity (Wildman–Crippen MR) is 88.3 cm³/mol. The van der Waals surface area contributed by atoms with Crippen molar-refractivity contribution in [3.05, 3.63) is 52.8 Å². The summed E-state index contributed by atoms with van der Waals surface area (Å²) in [6.45, 7) is 2.05. The molecular weight excluding hydrogens is 330 g/mol. The average molecular weight is 344 g/mol. The SMILES string of the molecule is COc1ccc2c(Nc3cccc(Br)c3C)ncnc2c1. The molecule has 0 aliphatic heterocycles. The lowest BCUT2D eigenvalue weighted by molar-refractivity contribution is 0.415. The molecule has 2 aromatic carbocycles. The first-order valence-corrected chi connectivity index (χ1v) is 7.29. The second kappa shape index (κ2) is 5.69. The first kappa shape index (κ1) is 13.8. The van der Waals surface area contributed by atoms with Crippen LogP contribution in [0.1, 0.15) is 5.56 Å². The number of nitrogens with zero attached hydrogens (tertiary/aromatic N) is 2. The number of hydrogen-bond donors (Lipinski definition) is 1. The highest BCUT2D eigenvalue weighted by atomic mass is 79.9. The molecule has 106 valence electrons. The molecule has 1 heterocycles. The molecule has 3 aromatic rings. The third kappa shape index (κ3) is 2.69. The van der Waals surface area contributed by atoms with Crippen LogP contribution in [0.4, 0.5) is 11.5 Å². The molecule has 1 aromatic heterocycles. The van der Waals surface area contributed by atoms with Gasteiger partial charge >= 0.3 is 0 Å². The van der Waals surface area contributed by atoms with Crippen LogP contribution in [-0.2, 0) is 0 Å². The van der Waals surface area contributed by atoms with Gasteiger partial charge in [0.05, 0.1) is 12.6 Å². The quantitative estimate of drug-likeness (QED) is 0.762. The smallest absolute Gasteiger partial charge is 0.141 e. The van der Waals surface area contributed by atoms with Crippen molar-refractivity contribution in [3.63, 3.8) is 0 Å². The van der Waals surface area contributed by atoms with Gasteiger partial charge in [0, 0.05) is 21.6 Å². The molecule has 4 nitrogen and oxygen atoms in total. The van der Waals surface area contributed by atoms with Gasteiger partial charge in [0.1, 0.15) is 17.9 Å². The molecule has 0 fully saturated rings. The Hall–Kier alpha value is -2.14. The molecular formula is C16H14BrN3O. The van der Waals surface area contributed by atoms with Crippen molar-refractivity contribution >= 4 is 38.3 Å². The fourth-order valence-electron chi connectivity index (χ4n) is 2.13. The summed E-state index contributed by atoms with van der Waals surface area (Å²) >= 11 is 3.54. The van der Waals surface area contributed by atoms with Crippen molar-refractivity contribution in [1.29, 1.82) is 0 Å². The first-order valence-electron chi connectivity index (χ1n) is 6.50. The number of methoxy groups -OCH3 is 1. The summed E-state index contributed by atoms with van der Waals surface area (Å²) < 4.78 is 6.29. The Labute approximate surface area is 131 Å². The van der Waals surface area contributed by atoms with E-state index < -0.39 is 0 Å². The average Bonchev–Trinajstić information content (AvgIpc) is 2.51. The molecule has 0 bridgehead atoms. The number of rotatable bonds is 3. The predicted octanol–water partition coefficient (Wildman–Crippen LogP) is 4.45. The maximum Gasteiger partial charge on any atom is 0.141 e. The van der Waals surface area contributed by atoms with Crippen LogP contribution in [0.15, 0.2) is 47.2 Å². The van der Waals surface area contributed by atoms with Gasteiger partial charge in [-0.3, -0.25) is 0 Å². The van der Waals surface area contributed by atoms with Gasteiger partial charge in [-0.05, 0) is 36.8 Å². The molecule has 1 N–H and O–H groups in total. The minimum absolute atomic E-state index is 0.781.